The monoisotopic (exact) mass is 300 g/mol. The second-order valence-electron chi connectivity index (χ2n) is 4.51. The Labute approximate surface area is 125 Å². The van der Waals surface area contributed by atoms with Crippen molar-refractivity contribution >= 4 is 18.3 Å². The lowest BCUT2D eigenvalue weighted by atomic mass is 10.1. The lowest BCUT2D eigenvalue weighted by Crippen LogP contribution is -2.45. The molecule has 1 aromatic rings. The molecule has 0 saturated carbocycles. The highest BCUT2D eigenvalue weighted by Crippen LogP contribution is 2.25. The van der Waals surface area contributed by atoms with Gasteiger partial charge in [-0.3, -0.25) is 4.79 Å². The van der Waals surface area contributed by atoms with Crippen molar-refractivity contribution < 1.29 is 14.3 Å². The van der Waals surface area contributed by atoms with Crippen LogP contribution in [-0.4, -0.2) is 51.2 Å². The Morgan fingerprint density at radius 1 is 1.55 bits per heavy atom. The summed E-state index contributed by atoms with van der Waals surface area (Å²) < 4.78 is 11.0. The van der Waals surface area contributed by atoms with E-state index in [0.717, 1.165) is 11.3 Å². The third kappa shape index (κ3) is 4.10. The number of amides is 1. The Bertz CT molecular complexity index is 442. The Hall–Kier alpha value is -1.30. The first-order valence-electron chi connectivity index (χ1n) is 6.42. The molecule has 0 spiro atoms. The van der Waals surface area contributed by atoms with Crippen LogP contribution in [0.25, 0.3) is 0 Å². The minimum absolute atomic E-state index is 0. The fourth-order valence-corrected chi connectivity index (χ4v) is 2.18. The molecule has 0 bridgehead atoms. The van der Waals surface area contributed by atoms with Crippen LogP contribution < -0.4 is 10.1 Å². The number of ether oxygens (including phenoxy) is 2. The van der Waals surface area contributed by atoms with Gasteiger partial charge in [-0.25, -0.2) is 0 Å². The van der Waals surface area contributed by atoms with Gasteiger partial charge in [0.15, 0.2) is 0 Å². The fourth-order valence-electron chi connectivity index (χ4n) is 2.18. The van der Waals surface area contributed by atoms with Crippen LogP contribution in [0, 0.1) is 0 Å². The molecular formula is C14H21ClN2O3. The summed E-state index contributed by atoms with van der Waals surface area (Å²) in [6.45, 7) is 2.18. The van der Waals surface area contributed by atoms with E-state index in [-0.39, 0.29) is 24.4 Å². The number of nitrogens with one attached hydrogen (secondary N) is 1. The van der Waals surface area contributed by atoms with E-state index in [2.05, 4.69) is 5.32 Å². The van der Waals surface area contributed by atoms with Crippen molar-refractivity contribution in [1.29, 1.82) is 0 Å². The van der Waals surface area contributed by atoms with Gasteiger partial charge < -0.3 is 19.7 Å². The molecule has 0 aromatic heterocycles. The molecule has 1 unspecified atom stereocenters. The smallest absolute Gasteiger partial charge is 0.236 e. The number of likely N-dealkylation sites (N-methyl/N-ethyl adjacent to an activating group) is 1. The highest BCUT2D eigenvalue weighted by atomic mass is 35.5. The molecule has 1 aliphatic rings. The largest absolute Gasteiger partial charge is 0.497 e. The van der Waals surface area contributed by atoms with E-state index >= 15 is 0 Å². The summed E-state index contributed by atoms with van der Waals surface area (Å²) in [4.78, 5) is 13.7. The van der Waals surface area contributed by atoms with Crippen LogP contribution >= 0.6 is 12.4 Å². The van der Waals surface area contributed by atoms with E-state index in [0.29, 0.717) is 26.2 Å². The number of hydrogen-bond acceptors (Lipinski definition) is 4. The lowest BCUT2D eigenvalue weighted by Gasteiger charge is -2.33. The number of carbonyl (C=O) groups excluding carboxylic acids is 1. The van der Waals surface area contributed by atoms with Gasteiger partial charge in [0.05, 0.1) is 26.8 Å². The Balaban J connectivity index is 0.00000200. The molecule has 1 heterocycles. The third-order valence-corrected chi connectivity index (χ3v) is 3.21. The van der Waals surface area contributed by atoms with Gasteiger partial charge in [0.25, 0.3) is 0 Å². The summed E-state index contributed by atoms with van der Waals surface area (Å²) in [6, 6.07) is 7.79. The van der Waals surface area contributed by atoms with Gasteiger partial charge in [-0.2, -0.15) is 0 Å². The minimum atomic E-state index is -0.0790. The van der Waals surface area contributed by atoms with Crippen molar-refractivity contribution in [2.45, 2.75) is 6.10 Å². The minimum Gasteiger partial charge on any atom is -0.497 e. The molecule has 1 aromatic carbocycles. The van der Waals surface area contributed by atoms with E-state index < -0.39 is 0 Å². The molecule has 112 valence electrons. The molecule has 20 heavy (non-hydrogen) atoms. The van der Waals surface area contributed by atoms with E-state index in [9.17, 15) is 4.79 Å². The van der Waals surface area contributed by atoms with Gasteiger partial charge in [0, 0.05) is 6.54 Å². The first kappa shape index (κ1) is 16.8. The number of hydrogen-bond donors (Lipinski definition) is 1. The number of methoxy groups -OCH3 is 1. The predicted molar refractivity (Wildman–Crippen MR) is 79.4 cm³/mol. The molecule has 0 radical (unpaired) electrons. The molecule has 1 saturated heterocycles. The molecule has 1 N–H and O–H groups in total. The Morgan fingerprint density at radius 3 is 3.05 bits per heavy atom. The average Bonchev–Trinajstić information content (AvgIpc) is 2.48. The quantitative estimate of drug-likeness (QED) is 0.909. The van der Waals surface area contributed by atoms with Crippen molar-refractivity contribution in [1.82, 2.24) is 10.2 Å². The highest BCUT2D eigenvalue weighted by molar-refractivity contribution is 5.85. The molecule has 0 aliphatic carbocycles. The normalized spacial score (nSPS) is 18.3. The zero-order valence-electron chi connectivity index (χ0n) is 11.8. The van der Waals surface area contributed by atoms with Crippen molar-refractivity contribution in [2.24, 2.45) is 0 Å². The van der Waals surface area contributed by atoms with E-state index in [4.69, 9.17) is 9.47 Å². The van der Waals surface area contributed by atoms with Crippen LogP contribution in [0.15, 0.2) is 24.3 Å². The number of nitrogens with zero attached hydrogens (tertiary/aromatic N) is 1. The number of halogens is 1. The Morgan fingerprint density at radius 2 is 2.35 bits per heavy atom. The van der Waals surface area contributed by atoms with Crippen LogP contribution in [0.5, 0.6) is 5.75 Å². The SMILES string of the molecule is CNCC(=O)N1CCOC(c2cccc(OC)c2)C1.Cl. The number of morpholine rings is 1. The van der Waals surface area contributed by atoms with Gasteiger partial charge in [-0.15, -0.1) is 12.4 Å². The predicted octanol–water partition coefficient (Wildman–Crippen LogP) is 1.24. The van der Waals surface area contributed by atoms with Crippen LogP contribution in [-0.2, 0) is 9.53 Å². The highest BCUT2D eigenvalue weighted by Gasteiger charge is 2.25. The number of benzene rings is 1. The molecule has 1 fully saturated rings. The zero-order valence-corrected chi connectivity index (χ0v) is 12.6. The zero-order chi connectivity index (χ0) is 13.7. The van der Waals surface area contributed by atoms with Crippen molar-refractivity contribution in [2.75, 3.05) is 40.4 Å². The standard InChI is InChI=1S/C14H20N2O3.ClH/c1-15-9-14(17)16-6-7-19-13(10-16)11-4-3-5-12(8-11)18-2;/h3-5,8,13,15H,6-7,9-10H2,1-2H3;1H. The van der Waals surface area contributed by atoms with Crippen molar-refractivity contribution in [3.05, 3.63) is 29.8 Å². The second kappa shape index (κ2) is 8.09. The van der Waals surface area contributed by atoms with Gasteiger partial charge in [-0.1, -0.05) is 12.1 Å². The average molecular weight is 301 g/mol. The van der Waals surface area contributed by atoms with Crippen LogP contribution in [0.1, 0.15) is 11.7 Å². The summed E-state index contributed by atoms with van der Waals surface area (Å²) in [5.41, 5.74) is 1.04. The fraction of sp³-hybridized carbons (Fsp3) is 0.500. The molecule has 1 amide bonds. The first-order chi connectivity index (χ1) is 9.24. The molecular weight excluding hydrogens is 280 g/mol. The van der Waals surface area contributed by atoms with E-state index in [1.807, 2.05) is 29.2 Å². The molecule has 5 nitrogen and oxygen atoms in total. The van der Waals surface area contributed by atoms with E-state index in [1.165, 1.54) is 0 Å². The summed E-state index contributed by atoms with van der Waals surface area (Å²) in [5.74, 6) is 0.915. The number of rotatable bonds is 4. The van der Waals surface area contributed by atoms with Crippen LogP contribution in [0.3, 0.4) is 0 Å². The molecule has 1 aliphatic heterocycles. The van der Waals surface area contributed by atoms with Gasteiger partial charge in [0.2, 0.25) is 5.91 Å². The maximum Gasteiger partial charge on any atom is 0.236 e. The summed E-state index contributed by atoms with van der Waals surface area (Å²) >= 11 is 0. The summed E-state index contributed by atoms with van der Waals surface area (Å²) in [7, 11) is 3.42. The maximum absolute atomic E-state index is 11.9. The third-order valence-electron chi connectivity index (χ3n) is 3.21. The van der Waals surface area contributed by atoms with Crippen LogP contribution in [0.4, 0.5) is 0 Å². The Kier molecular flexibility index (Phi) is 6.78. The first-order valence-corrected chi connectivity index (χ1v) is 6.42. The van der Waals surface area contributed by atoms with Crippen LogP contribution in [0.2, 0.25) is 0 Å². The van der Waals surface area contributed by atoms with Gasteiger partial charge in [0.1, 0.15) is 11.9 Å². The summed E-state index contributed by atoms with van der Waals surface area (Å²) in [6.07, 6.45) is -0.0790. The summed E-state index contributed by atoms with van der Waals surface area (Å²) in [5, 5.41) is 2.89. The number of carbonyl (C=O) groups is 1. The van der Waals surface area contributed by atoms with Gasteiger partial charge >= 0.3 is 0 Å². The maximum atomic E-state index is 11.9. The topological polar surface area (TPSA) is 50.8 Å². The van der Waals surface area contributed by atoms with Gasteiger partial charge in [-0.05, 0) is 24.7 Å². The molecule has 2 rings (SSSR count). The van der Waals surface area contributed by atoms with Crippen molar-refractivity contribution in [3.8, 4) is 5.75 Å². The lowest BCUT2D eigenvalue weighted by molar-refractivity contribution is -0.137. The molecule has 1 atom stereocenters. The molecule has 6 heteroatoms. The second-order valence-corrected chi connectivity index (χ2v) is 4.51. The van der Waals surface area contributed by atoms with E-state index in [1.54, 1.807) is 14.2 Å². The van der Waals surface area contributed by atoms with Crippen molar-refractivity contribution in [3.63, 3.8) is 0 Å².